The third-order valence-electron chi connectivity index (χ3n) is 3.77. The van der Waals surface area contributed by atoms with Crippen molar-refractivity contribution in [3.05, 3.63) is 58.9 Å². The molecule has 2 aromatic rings. The molecule has 124 valence electrons. The second-order valence-corrected chi connectivity index (χ2v) is 6.58. The highest BCUT2D eigenvalue weighted by Gasteiger charge is 2.19. The zero-order chi connectivity index (χ0) is 17.1. The van der Waals surface area contributed by atoms with Gasteiger partial charge in [0.2, 0.25) is 11.8 Å². The molecule has 1 aliphatic heterocycles. The molecule has 3 rings (SSSR count). The highest BCUT2D eigenvalue weighted by Crippen LogP contribution is 2.26. The van der Waals surface area contributed by atoms with E-state index in [9.17, 15) is 14.8 Å². The Hall–Kier alpha value is -2.54. The van der Waals surface area contributed by atoms with E-state index in [1.807, 2.05) is 25.1 Å². The van der Waals surface area contributed by atoms with Crippen LogP contribution in [0.2, 0.25) is 0 Å². The molecular weight excluding hydrogens is 326 g/mol. The maximum Gasteiger partial charge on any atom is 0.251 e. The lowest BCUT2D eigenvalue weighted by atomic mass is 10.0. The monoisotopic (exact) mass is 343 g/mol. The first kappa shape index (κ1) is 16.3. The van der Waals surface area contributed by atoms with E-state index in [0.717, 1.165) is 21.5 Å². The number of amides is 2. The molecule has 0 fully saturated rings. The van der Waals surface area contributed by atoms with Gasteiger partial charge in [0.05, 0.1) is 18.2 Å². The molecule has 2 heterocycles. The van der Waals surface area contributed by atoms with Gasteiger partial charge in [0.1, 0.15) is 0 Å². The fourth-order valence-corrected chi connectivity index (χ4v) is 3.27. The van der Waals surface area contributed by atoms with Crippen molar-refractivity contribution in [1.29, 1.82) is 0 Å². The number of anilines is 1. The molecule has 0 saturated carbocycles. The summed E-state index contributed by atoms with van der Waals surface area (Å²) in [6, 6.07) is 10.6. The number of hydrogen-bond donors (Lipinski definition) is 2. The van der Waals surface area contributed by atoms with Crippen molar-refractivity contribution >= 4 is 29.3 Å². The van der Waals surface area contributed by atoms with Crippen molar-refractivity contribution in [2.75, 3.05) is 11.1 Å². The number of nitrogens with one attached hydrogen (secondary N) is 2. The maximum atomic E-state index is 12.1. The van der Waals surface area contributed by atoms with Crippen LogP contribution in [0.4, 0.5) is 5.69 Å². The Morgan fingerprint density at radius 2 is 2.25 bits per heavy atom. The smallest absolute Gasteiger partial charge is 0.251 e. The van der Waals surface area contributed by atoms with Crippen molar-refractivity contribution in [1.82, 2.24) is 5.32 Å². The number of carbonyl (C=O) groups is 2. The van der Waals surface area contributed by atoms with Crippen molar-refractivity contribution in [2.45, 2.75) is 24.4 Å². The van der Waals surface area contributed by atoms with E-state index < -0.39 is 0 Å². The van der Waals surface area contributed by atoms with Crippen LogP contribution in [0.5, 0.6) is 0 Å². The van der Waals surface area contributed by atoms with Crippen molar-refractivity contribution in [3.63, 3.8) is 0 Å². The summed E-state index contributed by atoms with van der Waals surface area (Å²) >= 11 is 1.20. The van der Waals surface area contributed by atoms with Gasteiger partial charge in [-0.1, -0.05) is 12.1 Å². The first-order valence-corrected chi connectivity index (χ1v) is 8.54. The van der Waals surface area contributed by atoms with Gasteiger partial charge < -0.3 is 15.8 Å². The Morgan fingerprint density at radius 1 is 1.42 bits per heavy atom. The Bertz CT molecular complexity index is 794. The lowest BCUT2D eigenvalue weighted by Crippen LogP contribution is -2.31. The molecule has 0 spiro atoms. The van der Waals surface area contributed by atoms with Gasteiger partial charge in [-0.15, -0.1) is 0 Å². The summed E-state index contributed by atoms with van der Waals surface area (Å²) in [5, 5.41) is 17.7. The molecule has 0 saturated heterocycles. The zero-order valence-corrected chi connectivity index (χ0v) is 13.9. The van der Waals surface area contributed by atoms with Crippen LogP contribution in [0.25, 0.3) is 0 Å². The van der Waals surface area contributed by atoms with E-state index in [0.29, 0.717) is 11.4 Å². The summed E-state index contributed by atoms with van der Waals surface area (Å²) in [5.74, 6) is 0.0109. The van der Waals surface area contributed by atoms with E-state index in [-0.39, 0.29) is 23.6 Å². The third kappa shape index (κ3) is 3.68. The lowest BCUT2D eigenvalue weighted by molar-refractivity contribution is -0.645. The van der Waals surface area contributed by atoms with E-state index in [4.69, 9.17) is 0 Å². The molecule has 2 amide bonds. The summed E-state index contributed by atoms with van der Waals surface area (Å²) in [4.78, 5) is 23.5. The summed E-state index contributed by atoms with van der Waals surface area (Å²) in [6.45, 7) is 1.89. The summed E-state index contributed by atoms with van der Waals surface area (Å²) in [6.07, 6.45) is 1.78. The largest absolute Gasteiger partial charge is 0.618 e. The van der Waals surface area contributed by atoms with E-state index in [2.05, 4.69) is 10.6 Å². The second kappa shape index (κ2) is 6.92. The standard InChI is InChI=1S/C17H17N3O3S/c1-11(12-5-6-14-13(8-12)9-15(21)19-14)18-16(22)10-24-17-4-2-3-7-20(17)23/h2-8,11H,9-10H2,1H3,(H,18,22)(H,19,21)/t11-/m0/s1. The first-order chi connectivity index (χ1) is 11.5. The van der Waals surface area contributed by atoms with E-state index in [1.165, 1.54) is 18.0 Å². The fourth-order valence-electron chi connectivity index (χ4n) is 2.55. The highest BCUT2D eigenvalue weighted by atomic mass is 32.2. The minimum Gasteiger partial charge on any atom is -0.618 e. The molecule has 1 atom stereocenters. The minimum absolute atomic E-state index is 0.0102. The molecule has 0 aliphatic carbocycles. The fraction of sp³-hybridized carbons (Fsp3) is 0.235. The number of pyridine rings is 1. The lowest BCUT2D eigenvalue weighted by Gasteiger charge is -2.15. The molecule has 1 aromatic carbocycles. The molecule has 24 heavy (non-hydrogen) atoms. The number of hydrogen-bond acceptors (Lipinski definition) is 4. The topological polar surface area (TPSA) is 85.1 Å². The SMILES string of the molecule is C[C@H](NC(=O)CSc1cccc[n+]1[O-])c1ccc2c(c1)CC(=O)N2. The van der Waals surface area contributed by atoms with Gasteiger partial charge >= 0.3 is 0 Å². The van der Waals surface area contributed by atoms with Gasteiger partial charge in [-0.25, -0.2) is 0 Å². The van der Waals surface area contributed by atoms with Gasteiger partial charge in [-0.05, 0) is 41.9 Å². The minimum atomic E-state index is -0.172. The molecule has 0 bridgehead atoms. The summed E-state index contributed by atoms with van der Waals surface area (Å²) in [7, 11) is 0. The quantitative estimate of drug-likeness (QED) is 0.492. The van der Waals surface area contributed by atoms with Crippen molar-refractivity contribution in [2.24, 2.45) is 0 Å². The van der Waals surface area contributed by atoms with Crippen LogP contribution in [0.3, 0.4) is 0 Å². The van der Waals surface area contributed by atoms with Gasteiger partial charge in [0.25, 0.3) is 5.03 Å². The highest BCUT2D eigenvalue weighted by molar-refractivity contribution is 7.99. The average Bonchev–Trinajstić information content (AvgIpc) is 2.93. The predicted octanol–water partition coefficient (Wildman–Crippen LogP) is 1.78. The average molecular weight is 343 g/mol. The molecule has 6 nitrogen and oxygen atoms in total. The number of rotatable bonds is 5. The van der Waals surface area contributed by atoms with Crippen LogP contribution in [0.1, 0.15) is 24.1 Å². The van der Waals surface area contributed by atoms with Crippen LogP contribution in [-0.4, -0.2) is 17.6 Å². The van der Waals surface area contributed by atoms with Crippen LogP contribution in [-0.2, 0) is 16.0 Å². The van der Waals surface area contributed by atoms with Gasteiger partial charge in [-0.2, -0.15) is 4.73 Å². The number of thioether (sulfide) groups is 1. The normalized spacial score (nSPS) is 14.0. The van der Waals surface area contributed by atoms with E-state index >= 15 is 0 Å². The third-order valence-corrected chi connectivity index (χ3v) is 4.79. The Balaban J connectivity index is 1.58. The van der Waals surface area contributed by atoms with Gasteiger partial charge in [0, 0.05) is 17.8 Å². The second-order valence-electron chi connectivity index (χ2n) is 5.58. The Labute approximate surface area is 143 Å². The number of fused-ring (bicyclic) bond motifs is 1. The molecule has 0 unspecified atom stereocenters. The molecule has 1 aromatic heterocycles. The number of nitrogens with zero attached hydrogens (tertiary/aromatic N) is 1. The molecular formula is C17H17N3O3S. The van der Waals surface area contributed by atoms with Crippen LogP contribution in [0, 0.1) is 5.21 Å². The van der Waals surface area contributed by atoms with Crippen LogP contribution < -0.4 is 15.4 Å². The number of carbonyl (C=O) groups excluding carboxylic acids is 2. The zero-order valence-electron chi connectivity index (χ0n) is 13.1. The summed E-state index contributed by atoms with van der Waals surface area (Å²) in [5.41, 5.74) is 2.73. The summed E-state index contributed by atoms with van der Waals surface area (Å²) < 4.78 is 0.742. The molecule has 2 N–H and O–H groups in total. The Kier molecular flexibility index (Phi) is 4.71. The van der Waals surface area contributed by atoms with E-state index in [1.54, 1.807) is 18.2 Å². The van der Waals surface area contributed by atoms with Crippen LogP contribution >= 0.6 is 11.8 Å². The first-order valence-electron chi connectivity index (χ1n) is 7.56. The van der Waals surface area contributed by atoms with Gasteiger partial charge in [-0.3, -0.25) is 9.59 Å². The predicted molar refractivity (Wildman–Crippen MR) is 91.5 cm³/mol. The maximum absolute atomic E-state index is 12.1. The van der Waals surface area contributed by atoms with Crippen LogP contribution in [0.15, 0.2) is 47.6 Å². The molecule has 7 heteroatoms. The molecule has 0 radical (unpaired) electrons. The van der Waals surface area contributed by atoms with Crippen molar-refractivity contribution < 1.29 is 14.3 Å². The Morgan fingerprint density at radius 3 is 3.04 bits per heavy atom. The number of aromatic nitrogens is 1. The number of benzene rings is 1. The van der Waals surface area contributed by atoms with Crippen molar-refractivity contribution in [3.8, 4) is 0 Å². The van der Waals surface area contributed by atoms with Gasteiger partial charge in [0.15, 0.2) is 6.20 Å². The molecule has 1 aliphatic rings.